The Morgan fingerprint density at radius 1 is 1.10 bits per heavy atom. The fraction of sp³-hybridized carbons (Fsp3) is 0.233. The standard InChI is InChI=1S/C30H30ClN5O2S/c1-4-16-39-30-34-29-32-20(3)26(28(37)33-24-14-8-19(2)9-15-24)27(36(29)35-30)22-6-5-7-25(17-22)38-18-21-10-12-23(31)13-11-21/h5-15,17,27H,4,16,18H2,1-3H3,(H,33,37)(H,32,34,35). The fourth-order valence-corrected chi connectivity index (χ4v) is 5.15. The van der Waals surface area contributed by atoms with Crippen molar-refractivity contribution in [2.24, 2.45) is 0 Å². The molecule has 9 heteroatoms. The average molecular weight is 560 g/mol. The number of aryl methyl sites for hydroxylation is 1. The van der Waals surface area contributed by atoms with Gasteiger partial charge in [0, 0.05) is 22.2 Å². The molecule has 1 aromatic heterocycles. The molecule has 0 fully saturated rings. The number of rotatable bonds is 9. The van der Waals surface area contributed by atoms with Crippen LogP contribution in [0.2, 0.25) is 5.02 Å². The first-order chi connectivity index (χ1) is 18.9. The van der Waals surface area contributed by atoms with E-state index in [1.807, 2.05) is 86.6 Å². The van der Waals surface area contributed by atoms with Crippen molar-refractivity contribution >= 4 is 40.9 Å². The number of benzene rings is 3. The highest BCUT2D eigenvalue weighted by Gasteiger charge is 2.34. The number of nitrogens with zero attached hydrogens (tertiary/aromatic N) is 3. The van der Waals surface area contributed by atoms with Gasteiger partial charge in [-0.1, -0.05) is 72.2 Å². The highest BCUT2D eigenvalue weighted by molar-refractivity contribution is 7.99. The number of carbonyl (C=O) groups is 1. The number of halogens is 1. The molecule has 0 bridgehead atoms. The Hall–Kier alpha value is -3.75. The summed E-state index contributed by atoms with van der Waals surface area (Å²) in [6.07, 6.45) is 1.01. The maximum Gasteiger partial charge on any atom is 0.255 e. The lowest BCUT2D eigenvalue weighted by Gasteiger charge is -2.29. The summed E-state index contributed by atoms with van der Waals surface area (Å²) >= 11 is 7.62. The van der Waals surface area contributed by atoms with Crippen LogP contribution in [0.25, 0.3) is 0 Å². The third-order valence-electron chi connectivity index (χ3n) is 6.32. The van der Waals surface area contributed by atoms with Crippen molar-refractivity contribution in [3.05, 3.63) is 106 Å². The third-order valence-corrected chi connectivity index (χ3v) is 7.61. The van der Waals surface area contributed by atoms with Gasteiger partial charge in [-0.2, -0.15) is 4.98 Å². The van der Waals surface area contributed by atoms with Gasteiger partial charge in [0.1, 0.15) is 18.4 Å². The topological polar surface area (TPSA) is 81.1 Å². The summed E-state index contributed by atoms with van der Waals surface area (Å²) in [5.74, 6) is 2.01. The highest BCUT2D eigenvalue weighted by Crippen LogP contribution is 2.38. The van der Waals surface area contributed by atoms with E-state index in [2.05, 4.69) is 17.6 Å². The molecule has 1 unspecified atom stereocenters. The molecular formula is C30H30ClN5O2S. The smallest absolute Gasteiger partial charge is 0.255 e. The first-order valence-electron chi connectivity index (χ1n) is 12.8. The Labute approximate surface area is 237 Å². The fourth-order valence-electron chi connectivity index (χ4n) is 4.35. The van der Waals surface area contributed by atoms with Gasteiger partial charge in [0.05, 0.1) is 5.57 Å². The largest absolute Gasteiger partial charge is 0.489 e. The molecule has 2 N–H and O–H groups in total. The molecule has 5 rings (SSSR count). The Kier molecular flexibility index (Phi) is 8.24. The normalized spacial score (nSPS) is 14.5. The molecule has 1 aliphatic rings. The van der Waals surface area contributed by atoms with Crippen LogP contribution >= 0.6 is 23.4 Å². The highest BCUT2D eigenvalue weighted by atomic mass is 35.5. The molecule has 0 saturated heterocycles. The molecule has 39 heavy (non-hydrogen) atoms. The molecule has 4 aromatic rings. The van der Waals surface area contributed by atoms with E-state index in [1.165, 1.54) is 0 Å². The number of thioether (sulfide) groups is 1. The minimum atomic E-state index is -0.491. The number of nitrogens with one attached hydrogen (secondary N) is 2. The van der Waals surface area contributed by atoms with Crippen molar-refractivity contribution in [3.8, 4) is 5.75 Å². The second-order valence-electron chi connectivity index (χ2n) is 9.39. The van der Waals surface area contributed by atoms with Crippen molar-refractivity contribution in [1.29, 1.82) is 0 Å². The predicted molar refractivity (Wildman–Crippen MR) is 158 cm³/mol. The lowest BCUT2D eigenvalue weighted by Crippen LogP contribution is -2.31. The average Bonchev–Trinajstić information content (AvgIpc) is 3.34. The SMILES string of the molecule is CCCSc1nc2n(n1)C(c1cccc(OCc3ccc(Cl)cc3)c1)C(C(=O)Nc1ccc(C)cc1)=C(C)N2. The third kappa shape index (κ3) is 6.29. The van der Waals surface area contributed by atoms with Gasteiger partial charge in [-0.15, -0.1) is 5.10 Å². The van der Waals surface area contributed by atoms with Crippen LogP contribution in [0.4, 0.5) is 11.6 Å². The first-order valence-corrected chi connectivity index (χ1v) is 14.2. The van der Waals surface area contributed by atoms with Gasteiger partial charge >= 0.3 is 0 Å². The second kappa shape index (κ2) is 12.0. The van der Waals surface area contributed by atoms with E-state index in [-0.39, 0.29) is 5.91 Å². The Balaban J connectivity index is 1.48. The van der Waals surface area contributed by atoms with Crippen LogP contribution < -0.4 is 15.4 Å². The minimum absolute atomic E-state index is 0.203. The van der Waals surface area contributed by atoms with Crippen LogP contribution in [0, 0.1) is 6.92 Å². The summed E-state index contributed by atoms with van der Waals surface area (Å²) in [6.45, 7) is 6.43. The molecule has 3 aromatic carbocycles. The van der Waals surface area contributed by atoms with Crippen LogP contribution in [0.15, 0.2) is 89.2 Å². The summed E-state index contributed by atoms with van der Waals surface area (Å²) < 4.78 is 7.91. The van der Waals surface area contributed by atoms with Crippen LogP contribution in [0.1, 0.15) is 43.0 Å². The van der Waals surface area contributed by atoms with Crippen LogP contribution in [0.5, 0.6) is 5.75 Å². The summed E-state index contributed by atoms with van der Waals surface area (Å²) in [5, 5.41) is 12.5. The Morgan fingerprint density at radius 2 is 1.87 bits per heavy atom. The molecule has 7 nitrogen and oxygen atoms in total. The van der Waals surface area contributed by atoms with Crippen LogP contribution in [-0.2, 0) is 11.4 Å². The number of amides is 1. The van der Waals surface area contributed by atoms with Crippen molar-refractivity contribution in [3.63, 3.8) is 0 Å². The zero-order valence-electron chi connectivity index (χ0n) is 22.1. The Bertz CT molecular complexity index is 1500. The molecule has 0 aliphatic carbocycles. The van der Waals surface area contributed by atoms with Crippen molar-refractivity contribution in [2.75, 3.05) is 16.4 Å². The quantitative estimate of drug-likeness (QED) is 0.210. The number of carbonyl (C=O) groups excluding carboxylic acids is 1. The number of fused-ring (bicyclic) bond motifs is 1. The molecule has 0 saturated carbocycles. The van der Waals surface area contributed by atoms with E-state index in [0.717, 1.165) is 40.2 Å². The lowest BCUT2D eigenvalue weighted by molar-refractivity contribution is -0.113. The maximum absolute atomic E-state index is 13.7. The van der Waals surface area contributed by atoms with Crippen molar-refractivity contribution in [1.82, 2.24) is 14.8 Å². The second-order valence-corrected chi connectivity index (χ2v) is 10.9. The number of hydrogen-bond acceptors (Lipinski definition) is 6. The molecular weight excluding hydrogens is 530 g/mol. The van der Waals surface area contributed by atoms with Gasteiger partial charge in [0.2, 0.25) is 11.1 Å². The Morgan fingerprint density at radius 3 is 2.62 bits per heavy atom. The predicted octanol–water partition coefficient (Wildman–Crippen LogP) is 7.25. The van der Waals surface area contributed by atoms with E-state index in [1.54, 1.807) is 16.4 Å². The molecule has 200 valence electrons. The molecule has 1 aliphatic heterocycles. The molecule has 2 heterocycles. The number of anilines is 2. The van der Waals surface area contributed by atoms with Gasteiger partial charge in [-0.3, -0.25) is 4.79 Å². The molecule has 0 spiro atoms. The van der Waals surface area contributed by atoms with E-state index >= 15 is 0 Å². The molecule has 1 amide bonds. The lowest BCUT2D eigenvalue weighted by atomic mass is 9.94. The number of allylic oxidation sites excluding steroid dienone is 1. The monoisotopic (exact) mass is 559 g/mol. The van der Waals surface area contributed by atoms with Gasteiger partial charge in [-0.05, 0) is 67.8 Å². The maximum atomic E-state index is 13.7. The summed E-state index contributed by atoms with van der Waals surface area (Å²) in [7, 11) is 0. The van der Waals surface area contributed by atoms with E-state index in [9.17, 15) is 4.79 Å². The van der Waals surface area contributed by atoms with Gasteiger partial charge in [0.15, 0.2) is 0 Å². The van der Waals surface area contributed by atoms with Gasteiger partial charge < -0.3 is 15.4 Å². The van der Waals surface area contributed by atoms with Crippen molar-refractivity contribution < 1.29 is 9.53 Å². The van der Waals surface area contributed by atoms with Crippen molar-refractivity contribution in [2.45, 2.75) is 45.0 Å². The number of ether oxygens (including phenoxy) is 1. The van der Waals surface area contributed by atoms with Crippen LogP contribution in [-0.4, -0.2) is 26.4 Å². The first kappa shape index (κ1) is 26.8. The summed E-state index contributed by atoms with van der Waals surface area (Å²) in [4.78, 5) is 18.4. The molecule has 1 atom stereocenters. The number of aromatic nitrogens is 3. The summed E-state index contributed by atoms with van der Waals surface area (Å²) in [6, 6.07) is 22.6. The van der Waals surface area contributed by atoms with E-state index < -0.39 is 6.04 Å². The molecule has 0 radical (unpaired) electrons. The number of hydrogen-bond donors (Lipinski definition) is 2. The summed E-state index contributed by atoms with van der Waals surface area (Å²) in [5.41, 5.74) is 5.03. The van der Waals surface area contributed by atoms with Gasteiger partial charge in [-0.25, -0.2) is 4.68 Å². The van der Waals surface area contributed by atoms with Crippen LogP contribution in [0.3, 0.4) is 0 Å². The van der Waals surface area contributed by atoms with E-state index in [0.29, 0.717) is 34.1 Å². The zero-order chi connectivity index (χ0) is 27.4. The zero-order valence-corrected chi connectivity index (χ0v) is 23.6. The van der Waals surface area contributed by atoms with Gasteiger partial charge in [0.25, 0.3) is 5.91 Å². The van der Waals surface area contributed by atoms with E-state index in [4.69, 9.17) is 26.4 Å². The minimum Gasteiger partial charge on any atom is -0.489 e.